The fourth-order valence-corrected chi connectivity index (χ4v) is 3.52. The summed E-state index contributed by atoms with van der Waals surface area (Å²) in [7, 11) is 1.66. The Labute approximate surface area is 132 Å². The maximum atomic E-state index is 8.73. The molecule has 3 aromatic rings. The molecule has 0 bridgehead atoms. The van der Waals surface area contributed by atoms with Gasteiger partial charge in [0.1, 0.15) is 22.4 Å². The number of methoxy groups -OCH3 is 1. The van der Waals surface area contributed by atoms with Crippen LogP contribution >= 0.6 is 11.3 Å². The largest absolute Gasteiger partial charge is 0.495 e. The number of nitriles is 1. The highest BCUT2D eigenvalue weighted by molar-refractivity contribution is 7.17. The van der Waals surface area contributed by atoms with Crippen LogP contribution in [0.2, 0.25) is 0 Å². The highest BCUT2D eigenvalue weighted by atomic mass is 32.1. The summed E-state index contributed by atoms with van der Waals surface area (Å²) in [4.78, 5) is 5.59. The van der Waals surface area contributed by atoms with Crippen LogP contribution < -0.4 is 9.47 Å². The summed E-state index contributed by atoms with van der Waals surface area (Å²) in [5.41, 5.74) is 2.12. The molecule has 0 N–H and O–H groups in total. The summed E-state index contributed by atoms with van der Waals surface area (Å²) in [6, 6.07) is 8.12. The molecule has 0 atom stereocenters. The maximum Gasteiger partial charge on any atom is 0.174 e. The quantitative estimate of drug-likeness (QED) is 0.712. The first-order chi connectivity index (χ1) is 10.7. The van der Waals surface area contributed by atoms with E-state index in [1.54, 1.807) is 7.11 Å². The first-order valence-corrected chi connectivity index (χ1v) is 7.93. The van der Waals surface area contributed by atoms with Crippen molar-refractivity contribution >= 4 is 32.5 Å². The van der Waals surface area contributed by atoms with Gasteiger partial charge >= 0.3 is 0 Å². The van der Waals surface area contributed by atoms with Crippen LogP contribution in [0.4, 0.5) is 0 Å². The molecular formula is C17H16N2O2S. The molecular weight excluding hydrogens is 296 g/mol. The van der Waals surface area contributed by atoms with Crippen LogP contribution in [-0.4, -0.2) is 18.7 Å². The molecule has 0 amide bonds. The van der Waals surface area contributed by atoms with Crippen molar-refractivity contribution in [2.24, 2.45) is 0 Å². The molecule has 0 fully saturated rings. The van der Waals surface area contributed by atoms with Crippen LogP contribution in [0.5, 0.6) is 11.5 Å². The predicted molar refractivity (Wildman–Crippen MR) is 88.9 cm³/mol. The van der Waals surface area contributed by atoms with Crippen LogP contribution in [0.25, 0.3) is 21.1 Å². The minimum atomic E-state index is 0.0128. The molecule has 0 aliphatic carbocycles. The fraction of sp³-hybridized carbons (Fsp3) is 0.294. The fourth-order valence-electron chi connectivity index (χ4n) is 2.66. The van der Waals surface area contributed by atoms with E-state index in [2.05, 4.69) is 19.9 Å². The zero-order valence-corrected chi connectivity index (χ0v) is 13.5. The Morgan fingerprint density at radius 3 is 2.82 bits per heavy atom. The van der Waals surface area contributed by atoms with E-state index >= 15 is 0 Å². The molecule has 0 unspecified atom stereocenters. The predicted octanol–water partition coefficient (Wildman–Crippen LogP) is 4.48. The molecule has 0 saturated heterocycles. The Morgan fingerprint density at radius 1 is 1.32 bits per heavy atom. The lowest BCUT2D eigenvalue weighted by atomic mass is 9.97. The molecule has 0 aliphatic heterocycles. The second-order valence-corrected chi connectivity index (χ2v) is 6.13. The van der Waals surface area contributed by atoms with Crippen molar-refractivity contribution < 1.29 is 9.47 Å². The van der Waals surface area contributed by atoms with Crippen LogP contribution in [-0.2, 0) is 0 Å². The number of nitrogens with zero attached hydrogens (tertiary/aromatic N) is 2. The molecule has 2 aromatic heterocycles. The topological polar surface area (TPSA) is 55.1 Å². The number of thiophene rings is 1. The third-order valence-electron chi connectivity index (χ3n) is 3.61. The standard InChI is InChI=1S/C17H16N2O2S/c1-10(2)11-5-4-6-12-14(11)16(20-3)15-13(21-8-7-18)9-22-17(15)19-12/h4-6,9-10H,8H2,1-3H3. The van der Waals surface area contributed by atoms with Gasteiger partial charge in [0, 0.05) is 10.8 Å². The Kier molecular flexibility index (Phi) is 3.86. The Hall–Kier alpha value is -2.32. The van der Waals surface area contributed by atoms with Crippen LogP contribution in [0.3, 0.4) is 0 Å². The Balaban J connectivity index is 2.39. The van der Waals surface area contributed by atoms with Crippen molar-refractivity contribution in [3.63, 3.8) is 0 Å². The average Bonchev–Trinajstić information content (AvgIpc) is 2.92. The number of pyridine rings is 1. The van der Waals surface area contributed by atoms with Gasteiger partial charge < -0.3 is 9.47 Å². The van der Waals surface area contributed by atoms with Gasteiger partial charge in [0.25, 0.3) is 0 Å². The Morgan fingerprint density at radius 2 is 2.14 bits per heavy atom. The summed E-state index contributed by atoms with van der Waals surface area (Å²) < 4.78 is 11.2. The summed E-state index contributed by atoms with van der Waals surface area (Å²) in [5, 5.41) is 12.5. The van der Waals surface area contributed by atoms with Gasteiger partial charge in [-0.05, 0) is 17.5 Å². The second kappa shape index (κ2) is 5.82. The molecule has 112 valence electrons. The lowest BCUT2D eigenvalue weighted by molar-refractivity contribution is 0.370. The number of aromatic nitrogens is 1. The summed E-state index contributed by atoms with van der Waals surface area (Å²) in [6.45, 7) is 4.32. The number of ether oxygens (including phenoxy) is 2. The van der Waals surface area contributed by atoms with Crippen molar-refractivity contribution in [3.8, 4) is 17.6 Å². The number of hydrogen-bond donors (Lipinski definition) is 0. The monoisotopic (exact) mass is 312 g/mol. The maximum absolute atomic E-state index is 8.73. The van der Waals surface area contributed by atoms with Gasteiger partial charge in [-0.15, -0.1) is 11.3 Å². The van der Waals surface area contributed by atoms with E-state index < -0.39 is 0 Å². The highest BCUT2D eigenvalue weighted by Crippen LogP contribution is 2.44. The first-order valence-electron chi connectivity index (χ1n) is 7.05. The zero-order chi connectivity index (χ0) is 15.7. The Bertz CT molecular complexity index is 878. The van der Waals surface area contributed by atoms with Crippen molar-refractivity contribution in [3.05, 3.63) is 29.1 Å². The van der Waals surface area contributed by atoms with Crippen LogP contribution in [0.15, 0.2) is 23.6 Å². The van der Waals surface area contributed by atoms with E-state index in [4.69, 9.17) is 19.7 Å². The van der Waals surface area contributed by atoms with Crippen molar-refractivity contribution in [2.75, 3.05) is 13.7 Å². The van der Waals surface area contributed by atoms with Gasteiger partial charge in [0.05, 0.1) is 18.0 Å². The molecule has 0 aliphatic rings. The highest BCUT2D eigenvalue weighted by Gasteiger charge is 2.19. The molecule has 0 radical (unpaired) electrons. The lowest BCUT2D eigenvalue weighted by Gasteiger charge is -2.14. The number of hydrogen-bond acceptors (Lipinski definition) is 5. The normalized spacial score (nSPS) is 11.0. The average molecular weight is 312 g/mol. The van der Waals surface area contributed by atoms with Gasteiger partial charge in [0.2, 0.25) is 0 Å². The van der Waals surface area contributed by atoms with Crippen LogP contribution in [0.1, 0.15) is 25.3 Å². The summed E-state index contributed by atoms with van der Waals surface area (Å²) >= 11 is 1.50. The van der Waals surface area contributed by atoms with Crippen molar-refractivity contribution in [1.82, 2.24) is 4.98 Å². The smallest absolute Gasteiger partial charge is 0.174 e. The van der Waals surface area contributed by atoms with Gasteiger partial charge in [0.15, 0.2) is 6.61 Å². The van der Waals surface area contributed by atoms with Crippen molar-refractivity contribution in [2.45, 2.75) is 19.8 Å². The second-order valence-electron chi connectivity index (χ2n) is 5.27. The SMILES string of the molecule is COc1c2c(C(C)C)cccc2nc2scc(OCC#N)c12. The van der Waals surface area contributed by atoms with E-state index in [0.717, 1.165) is 26.9 Å². The number of rotatable bonds is 4. The van der Waals surface area contributed by atoms with Crippen LogP contribution in [0, 0.1) is 11.3 Å². The molecule has 0 saturated carbocycles. The minimum Gasteiger partial charge on any atom is -0.495 e. The molecule has 3 rings (SSSR count). The summed E-state index contributed by atoms with van der Waals surface area (Å²) in [5.74, 6) is 1.80. The van der Waals surface area contributed by atoms with Crippen molar-refractivity contribution in [1.29, 1.82) is 5.26 Å². The molecule has 22 heavy (non-hydrogen) atoms. The molecule has 2 heterocycles. The third-order valence-corrected chi connectivity index (χ3v) is 4.46. The van der Waals surface area contributed by atoms with E-state index in [9.17, 15) is 0 Å². The van der Waals surface area contributed by atoms with Gasteiger partial charge in [-0.1, -0.05) is 26.0 Å². The zero-order valence-electron chi connectivity index (χ0n) is 12.7. The number of benzene rings is 1. The third kappa shape index (κ3) is 2.26. The molecule has 1 aromatic carbocycles. The molecule has 0 spiro atoms. The van der Waals surface area contributed by atoms with Gasteiger partial charge in [-0.3, -0.25) is 0 Å². The van der Waals surface area contributed by atoms with Gasteiger partial charge in [-0.2, -0.15) is 5.26 Å². The minimum absolute atomic E-state index is 0.0128. The van der Waals surface area contributed by atoms with E-state index in [0.29, 0.717) is 11.7 Å². The molecule has 4 nitrogen and oxygen atoms in total. The molecule has 5 heteroatoms. The van der Waals surface area contributed by atoms with E-state index in [1.807, 2.05) is 23.6 Å². The van der Waals surface area contributed by atoms with E-state index in [1.165, 1.54) is 16.9 Å². The van der Waals surface area contributed by atoms with E-state index in [-0.39, 0.29) is 6.61 Å². The lowest BCUT2D eigenvalue weighted by Crippen LogP contribution is -1.97. The first kappa shape index (κ1) is 14.6. The van der Waals surface area contributed by atoms with Gasteiger partial charge in [-0.25, -0.2) is 4.98 Å². The summed E-state index contributed by atoms with van der Waals surface area (Å²) in [6.07, 6.45) is 0. The number of fused-ring (bicyclic) bond motifs is 2.